The van der Waals surface area contributed by atoms with Crippen LogP contribution in [0.25, 0.3) is 0 Å². The fourth-order valence-corrected chi connectivity index (χ4v) is 3.25. The van der Waals surface area contributed by atoms with Gasteiger partial charge in [-0.05, 0) is 32.9 Å². The van der Waals surface area contributed by atoms with Crippen molar-refractivity contribution in [1.82, 2.24) is 19.2 Å². The van der Waals surface area contributed by atoms with Crippen LogP contribution < -0.4 is 0 Å². The summed E-state index contributed by atoms with van der Waals surface area (Å²) in [7, 11) is 1.92. The number of hydrogen-bond acceptors (Lipinski definition) is 2. The highest BCUT2D eigenvalue weighted by atomic mass is 16.2. The van der Waals surface area contributed by atoms with Gasteiger partial charge in [-0.3, -0.25) is 9.48 Å². The molecule has 0 saturated carbocycles. The monoisotopic (exact) mass is 286 g/mol. The van der Waals surface area contributed by atoms with Crippen molar-refractivity contribution < 1.29 is 4.79 Å². The molecule has 112 valence electrons. The Morgan fingerprint density at radius 1 is 1.38 bits per heavy atom. The second kappa shape index (κ2) is 5.06. The quantitative estimate of drug-likeness (QED) is 0.847. The Morgan fingerprint density at radius 2 is 2.14 bits per heavy atom. The number of rotatable bonds is 2. The second-order valence-electron chi connectivity index (χ2n) is 5.84. The van der Waals surface area contributed by atoms with Crippen LogP contribution in [0, 0.1) is 13.8 Å². The number of carbonyl (C=O) groups excluding carboxylic acids is 1. The summed E-state index contributed by atoms with van der Waals surface area (Å²) in [4.78, 5) is 14.7. The summed E-state index contributed by atoms with van der Waals surface area (Å²) >= 11 is 0. The lowest BCUT2D eigenvalue weighted by atomic mass is 10.1. The van der Waals surface area contributed by atoms with Crippen molar-refractivity contribution in [3.63, 3.8) is 0 Å². The molecule has 5 nitrogen and oxygen atoms in total. The molecule has 0 bridgehead atoms. The van der Waals surface area contributed by atoms with E-state index < -0.39 is 0 Å². The first-order chi connectivity index (χ1) is 9.99. The Balaban J connectivity index is 1.80. The van der Waals surface area contributed by atoms with Gasteiger partial charge in [-0.2, -0.15) is 5.10 Å². The van der Waals surface area contributed by atoms with Crippen LogP contribution in [0.1, 0.15) is 35.6 Å². The van der Waals surface area contributed by atoms with E-state index in [4.69, 9.17) is 0 Å². The van der Waals surface area contributed by atoms with Crippen LogP contribution in [-0.2, 0) is 24.8 Å². The van der Waals surface area contributed by atoms with Crippen LogP contribution in [0.3, 0.4) is 0 Å². The minimum atomic E-state index is 0.138. The highest BCUT2D eigenvalue weighted by Crippen LogP contribution is 2.26. The smallest absolute Gasteiger partial charge is 0.227 e. The molecular weight excluding hydrogens is 264 g/mol. The molecule has 2 aromatic heterocycles. The molecule has 0 N–H and O–H groups in total. The van der Waals surface area contributed by atoms with Crippen LogP contribution in [0.5, 0.6) is 0 Å². The normalized spacial score (nSPS) is 17.9. The van der Waals surface area contributed by atoms with E-state index in [-0.39, 0.29) is 11.9 Å². The van der Waals surface area contributed by atoms with Gasteiger partial charge in [0.15, 0.2) is 0 Å². The standard InChI is InChI=1S/C16H22N4O/c1-11-14(12(2)18(4)17-11)10-16(21)20-9-8-19-7-5-6-15(19)13(20)3/h5-7,13H,8-10H2,1-4H3. The summed E-state index contributed by atoms with van der Waals surface area (Å²) in [5, 5.41) is 4.40. The summed E-state index contributed by atoms with van der Waals surface area (Å²) in [5.74, 6) is 0.189. The fourth-order valence-electron chi connectivity index (χ4n) is 3.25. The fraction of sp³-hybridized carbons (Fsp3) is 0.500. The number of aryl methyl sites for hydroxylation is 2. The minimum Gasteiger partial charge on any atom is -0.348 e. The highest BCUT2D eigenvalue weighted by Gasteiger charge is 2.28. The first-order valence-corrected chi connectivity index (χ1v) is 7.42. The van der Waals surface area contributed by atoms with Crippen LogP contribution in [0.2, 0.25) is 0 Å². The van der Waals surface area contributed by atoms with Crippen molar-refractivity contribution >= 4 is 5.91 Å². The Morgan fingerprint density at radius 3 is 2.81 bits per heavy atom. The van der Waals surface area contributed by atoms with Crippen molar-refractivity contribution in [2.75, 3.05) is 6.54 Å². The first kappa shape index (κ1) is 13.9. The van der Waals surface area contributed by atoms with Gasteiger partial charge in [-0.25, -0.2) is 0 Å². The summed E-state index contributed by atoms with van der Waals surface area (Å²) in [6.07, 6.45) is 2.53. The van der Waals surface area contributed by atoms with E-state index in [0.717, 1.165) is 30.0 Å². The van der Waals surface area contributed by atoms with Crippen molar-refractivity contribution in [3.8, 4) is 0 Å². The third kappa shape index (κ3) is 2.26. The Bertz CT molecular complexity index is 683. The van der Waals surface area contributed by atoms with E-state index in [9.17, 15) is 4.79 Å². The average molecular weight is 286 g/mol. The van der Waals surface area contributed by atoms with E-state index in [2.05, 4.69) is 34.9 Å². The molecule has 3 rings (SSSR count). The van der Waals surface area contributed by atoms with E-state index in [1.54, 1.807) is 0 Å². The van der Waals surface area contributed by atoms with Gasteiger partial charge in [-0.15, -0.1) is 0 Å². The Labute approximate surface area is 125 Å². The van der Waals surface area contributed by atoms with E-state index in [0.29, 0.717) is 6.42 Å². The largest absolute Gasteiger partial charge is 0.348 e. The zero-order chi connectivity index (χ0) is 15.1. The van der Waals surface area contributed by atoms with E-state index >= 15 is 0 Å². The third-order valence-electron chi connectivity index (χ3n) is 4.65. The zero-order valence-corrected chi connectivity index (χ0v) is 13.1. The lowest BCUT2D eigenvalue weighted by molar-refractivity contribution is -0.133. The summed E-state index contributed by atoms with van der Waals surface area (Å²) in [6.45, 7) is 7.75. The lowest BCUT2D eigenvalue weighted by Crippen LogP contribution is -2.41. The van der Waals surface area contributed by atoms with Crippen LogP contribution in [0.15, 0.2) is 18.3 Å². The van der Waals surface area contributed by atoms with Crippen molar-refractivity contribution in [2.24, 2.45) is 7.05 Å². The molecule has 1 aliphatic rings. The average Bonchev–Trinajstić information content (AvgIpc) is 3.00. The SMILES string of the molecule is Cc1nn(C)c(C)c1CC(=O)N1CCn2cccc2C1C. The van der Waals surface area contributed by atoms with Gasteiger partial charge < -0.3 is 9.47 Å². The third-order valence-corrected chi connectivity index (χ3v) is 4.65. The van der Waals surface area contributed by atoms with Gasteiger partial charge in [-0.1, -0.05) is 0 Å². The molecule has 1 atom stereocenters. The number of fused-ring (bicyclic) bond motifs is 1. The molecule has 21 heavy (non-hydrogen) atoms. The molecule has 0 aromatic carbocycles. The second-order valence-corrected chi connectivity index (χ2v) is 5.84. The molecule has 0 saturated heterocycles. The first-order valence-electron chi connectivity index (χ1n) is 7.42. The maximum Gasteiger partial charge on any atom is 0.227 e. The van der Waals surface area contributed by atoms with Crippen molar-refractivity contribution in [3.05, 3.63) is 41.0 Å². The molecule has 0 radical (unpaired) electrons. The molecule has 1 aliphatic heterocycles. The van der Waals surface area contributed by atoms with Gasteiger partial charge >= 0.3 is 0 Å². The lowest BCUT2D eigenvalue weighted by Gasteiger charge is -2.35. The summed E-state index contributed by atoms with van der Waals surface area (Å²) in [6, 6.07) is 4.29. The number of nitrogens with zero attached hydrogens (tertiary/aromatic N) is 4. The van der Waals surface area contributed by atoms with E-state index in [1.165, 1.54) is 5.69 Å². The predicted molar refractivity (Wildman–Crippen MR) is 80.9 cm³/mol. The minimum absolute atomic E-state index is 0.138. The topological polar surface area (TPSA) is 43.1 Å². The molecule has 0 fully saturated rings. The highest BCUT2D eigenvalue weighted by molar-refractivity contribution is 5.79. The van der Waals surface area contributed by atoms with Crippen LogP contribution in [-0.4, -0.2) is 31.7 Å². The maximum absolute atomic E-state index is 12.7. The molecule has 5 heteroatoms. The van der Waals surface area contributed by atoms with Gasteiger partial charge in [0.1, 0.15) is 0 Å². The van der Waals surface area contributed by atoms with Gasteiger partial charge in [0, 0.05) is 43.3 Å². The van der Waals surface area contributed by atoms with Gasteiger partial charge in [0.25, 0.3) is 0 Å². The number of aromatic nitrogens is 3. The maximum atomic E-state index is 12.7. The summed E-state index contributed by atoms with van der Waals surface area (Å²) in [5.41, 5.74) is 4.31. The van der Waals surface area contributed by atoms with Crippen LogP contribution in [0.4, 0.5) is 0 Å². The zero-order valence-electron chi connectivity index (χ0n) is 13.1. The van der Waals surface area contributed by atoms with Crippen LogP contribution >= 0.6 is 0 Å². The number of carbonyl (C=O) groups is 1. The molecule has 0 aliphatic carbocycles. The number of amides is 1. The van der Waals surface area contributed by atoms with Crippen molar-refractivity contribution in [1.29, 1.82) is 0 Å². The molecular formula is C16H22N4O. The molecule has 2 aromatic rings. The molecule has 0 spiro atoms. The van der Waals surface area contributed by atoms with E-state index in [1.807, 2.05) is 30.5 Å². The number of hydrogen-bond donors (Lipinski definition) is 0. The molecule has 1 unspecified atom stereocenters. The van der Waals surface area contributed by atoms with Gasteiger partial charge in [0.05, 0.1) is 18.2 Å². The summed E-state index contributed by atoms with van der Waals surface area (Å²) < 4.78 is 4.08. The van der Waals surface area contributed by atoms with Crippen molar-refractivity contribution in [2.45, 2.75) is 39.8 Å². The Kier molecular flexibility index (Phi) is 3.35. The Hall–Kier alpha value is -2.04. The van der Waals surface area contributed by atoms with Gasteiger partial charge in [0.2, 0.25) is 5.91 Å². The molecule has 3 heterocycles. The predicted octanol–water partition coefficient (Wildman–Crippen LogP) is 1.98. The molecule has 1 amide bonds.